The standard InChI is InChI=1S/C19H19F6N3O5/c20-18(21,22)31-4-9-1-12(9)14-27-28-15(32-14)16-6-17(7-16,8-16)26-13(29)5-30-10-2-11(3-10)33-19(23,24)25/h4,10-12H,1-3,5-8H2,(H,26,29)/b9-4+/t10?,11?,12-,16?,17?/m0/s1. The molecule has 1 aromatic rings. The van der Waals surface area contributed by atoms with Crippen LogP contribution in [0.15, 0.2) is 16.3 Å². The van der Waals surface area contributed by atoms with Gasteiger partial charge < -0.3 is 19.2 Å². The highest BCUT2D eigenvalue weighted by Crippen LogP contribution is 2.67. The minimum absolute atomic E-state index is 0.0841. The zero-order valence-corrected chi connectivity index (χ0v) is 17.0. The van der Waals surface area contributed by atoms with Gasteiger partial charge in [0.25, 0.3) is 0 Å². The number of aromatic nitrogens is 2. The van der Waals surface area contributed by atoms with Crippen molar-refractivity contribution in [2.24, 2.45) is 0 Å². The molecule has 1 N–H and O–H groups in total. The molecule has 5 fully saturated rings. The van der Waals surface area contributed by atoms with Gasteiger partial charge in [0.2, 0.25) is 17.7 Å². The largest absolute Gasteiger partial charge is 0.572 e. The van der Waals surface area contributed by atoms with Crippen LogP contribution < -0.4 is 5.32 Å². The summed E-state index contributed by atoms with van der Waals surface area (Å²) in [4.78, 5) is 12.1. The Morgan fingerprint density at radius 3 is 2.42 bits per heavy atom. The molecule has 2 bridgehead atoms. The van der Waals surface area contributed by atoms with E-state index in [1.54, 1.807) is 0 Å². The van der Waals surface area contributed by atoms with Crippen LogP contribution in [0.3, 0.4) is 0 Å². The average Bonchev–Trinajstić information content (AvgIpc) is 3.22. The molecule has 1 atom stereocenters. The summed E-state index contributed by atoms with van der Waals surface area (Å²) in [5.74, 6) is -0.0869. The Kier molecular flexibility index (Phi) is 4.98. The van der Waals surface area contributed by atoms with Gasteiger partial charge in [-0.2, -0.15) is 0 Å². The lowest BCUT2D eigenvalue weighted by Crippen LogP contribution is -2.77. The number of carbonyl (C=O) groups excluding carboxylic acids is 1. The lowest BCUT2D eigenvalue weighted by molar-refractivity contribution is -0.357. The normalized spacial score (nSPS) is 35.9. The van der Waals surface area contributed by atoms with E-state index in [0.717, 1.165) is 0 Å². The summed E-state index contributed by atoms with van der Waals surface area (Å²) < 4.78 is 91.2. The second-order valence-corrected chi connectivity index (χ2v) is 9.19. The van der Waals surface area contributed by atoms with Crippen molar-refractivity contribution >= 4 is 5.91 Å². The van der Waals surface area contributed by atoms with E-state index in [4.69, 9.17) is 9.15 Å². The Hall–Kier alpha value is -2.35. The van der Waals surface area contributed by atoms with Crippen molar-refractivity contribution in [2.75, 3.05) is 6.61 Å². The van der Waals surface area contributed by atoms with Crippen LogP contribution in [-0.4, -0.2) is 53.2 Å². The van der Waals surface area contributed by atoms with Crippen molar-refractivity contribution < 1.29 is 49.8 Å². The predicted octanol–water partition coefficient (Wildman–Crippen LogP) is 3.35. The maximum atomic E-state index is 12.1. The van der Waals surface area contributed by atoms with Crippen LogP contribution in [0.5, 0.6) is 0 Å². The van der Waals surface area contributed by atoms with E-state index in [0.29, 0.717) is 43.4 Å². The third kappa shape index (κ3) is 4.67. The first-order chi connectivity index (χ1) is 15.3. The molecule has 0 aliphatic heterocycles. The summed E-state index contributed by atoms with van der Waals surface area (Å²) in [6.07, 6.45) is -7.85. The first-order valence-corrected chi connectivity index (χ1v) is 10.3. The molecule has 5 saturated carbocycles. The van der Waals surface area contributed by atoms with Crippen molar-refractivity contribution in [1.82, 2.24) is 15.5 Å². The molecule has 1 amide bonds. The summed E-state index contributed by atoms with van der Waals surface area (Å²) in [5, 5.41) is 10.9. The molecule has 0 unspecified atom stereocenters. The van der Waals surface area contributed by atoms with Gasteiger partial charge in [0.05, 0.1) is 29.8 Å². The van der Waals surface area contributed by atoms with E-state index in [1.165, 1.54) is 0 Å². The van der Waals surface area contributed by atoms with E-state index in [2.05, 4.69) is 25.0 Å². The Morgan fingerprint density at radius 2 is 1.79 bits per heavy atom. The van der Waals surface area contributed by atoms with E-state index in [-0.39, 0.29) is 42.6 Å². The van der Waals surface area contributed by atoms with Crippen LogP contribution in [0.25, 0.3) is 0 Å². The van der Waals surface area contributed by atoms with Gasteiger partial charge in [0.15, 0.2) is 0 Å². The first-order valence-electron chi connectivity index (χ1n) is 10.3. The van der Waals surface area contributed by atoms with Gasteiger partial charge in [0.1, 0.15) is 6.61 Å². The third-order valence-corrected chi connectivity index (χ3v) is 6.50. The van der Waals surface area contributed by atoms with Crippen LogP contribution in [0.4, 0.5) is 26.3 Å². The number of amides is 1. The van der Waals surface area contributed by atoms with Gasteiger partial charge in [0, 0.05) is 18.4 Å². The zero-order valence-electron chi connectivity index (χ0n) is 17.0. The highest BCUT2D eigenvalue weighted by molar-refractivity contribution is 5.79. The Morgan fingerprint density at radius 1 is 1.09 bits per heavy atom. The highest BCUT2D eigenvalue weighted by atomic mass is 19.4. The second-order valence-electron chi connectivity index (χ2n) is 9.19. The maximum Gasteiger partial charge on any atom is 0.572 e. The number of alkyl halides is 6. The molecule has 8 nitrogen and oxygen atoms in total. The summed E-state index contributed by atoms with van der Waals surface area (Å²) >= 11 is 0. The number of carbonyl (C=O) groups is 1. The van der Waals surface area contributed by atoms with E-state index in [1.807, 2.05) is 0 Å². The number of hydrogen-bond acceptors (Lipinski definition) is 7. The van der Waals surface area contributed by atoms with Crippen LogP contribution in [0, 0.1) is 0 Å². The molecule has 1 aromatic heterocycles. The molecular weight excluding hydrogens is 464 g/mol. The van der Waals surface area contributed by atoms with Crippen LogP contribution >= 0.6 is 0 Å². The summed E-state index contributed by atoms with van der Waals surface area (Å²) in [5.41, 5.74) is -0.329. The Balaban J connectivity index is 1.03. The molecule has 0 aromatic carbocycles. The van der Waals surface area contributed by atoms with Gasteiger partial charge in [-0.05, 0) is 31.3 Å². The van der Waals surface area contributed by atoms with Gasteiger partial charge in [-0.1, -0.05) is 0 Å². The fourth-order valence-corrected chi connectivity index (χ4v) is 4.90. The Bertz CT molecular complexity index is 948. The van der Waals surface area contributed by atoms with Crippen molar-refractivity contribution in [3.8, 4) is 0 Å². The quantitative estimate of drug-likeness (QED) is 0.448. The molecular formula is C19H19F6N3O5. The van der Waals surface area contributed by atoms with Gasteiger partial charge in [-0.3, -0.25) is 9.53 Å². The number of rotatable bonds is 8. The van der Waals surface area contributed by atoms with Crippen LogP contribution in [0.2, 0.25) is 0 Å². The summed E-state index contributed by atoms with van der Waals surface area (Å²) in [6.45, 7) is -0.250. The van der Waals surface area contributed by atoms with Gasteiger partial charge in [-0.15, -0.1) is 36.5 Å². The molecule has 0 radical (unpaired) electrons. The van der Waals surface area contributed by atoms with Crippen molar-refractivity contribution in [3.63, 3.8) is 0 Å². The number of halogens is 6. The molecule has 182 valence electrons. The molecule has 0 spiro atoms. The molecule has 14 heteroatoms. The molecule has 5 aliphatic carbocycles. The van der Waals surface area contributed by atoms with Crippen molar-refractivity contribution in [3.05, 3.63) is 23.6 Å². The number of nitrogens with zero attached hydrogens (tertiary/aromatic N) is 2. The Labute approximate surface area is 182 Å². The van der Waals surface area contributed by atoms with E-state index < -0.39 is 30.5 Å². The van der Waals surface area contributed by atoms with E-state index >= 15 is 0 Å². The van der Waals surface area contributed by atoms with Crippen molar-refractivity contribution in [2.45, 2.75) is 80.3 Å². The van der Waals surface area contributed by atoms with Crippen LogP contribution in [-0.2, 0) is 24.4 Å². The molecule has 0 saturated heterocycles. The summed E-state index contributed by atoms with van der Waals surface area (Å²) in [7, 11) is 0. The number of hydrogen-bond donors (Lipinski definition) is 1. The monoisotopic (exact) mass is 483 g/mol. The zero-order chi connectivity index (χ0) is 23.6. The van der Waals surface area contributed by atoms with Crippen LogP contribution in [0.1, 0.15) is 56.2 Å². The molecule has 1 heterocycles. The maximum absolute atomic E-state index is 12.1. The number of ether oxygens (including phenoxy) is 3. The molecule has 6 rings (SSSR count). The van der Waals surface area contributed by atoms with Gasteiger partial charge >= 0.3 is 12.7 Å². The second kappa shape index (κ2) is 7.32. The smallest absolute Gasteiger partial charge is 0.424 e. The lowest BCUT2D eigenvalue weighted by atomic mass is 9.39. The van der Waals surface area contributed by atoms with E-state index in [9.17, 15) is 31.1 Å². The number of nitrogens with one attached hydrogen (secondary N) is 1. The third-order valence-electron chi connectivity index (χ3n) is 6.50. The predicted molar refractivity (Wildman–Crippen MR) is 93.2 cm³/mol. The molecule has 33 heavy (non-hydrogen) atoms. The fraction of sp³-hybridized carbons (Fsp3) is 0.737. The average molecular weight is 483 g/mol. The SMILES string of the molecule is O=C(COC1CC(OC(F)(F)F)C1)NC12CC(c3nnc([C@H]4C/C4=C\OC(F)(F)F)o3)(C1)C2. The highest BCUT2D eigenvalue weighted by Gasteiger charge is 2.72. The fourth-order valence-electron chi connectivity index (χ4n) is 4.90. The molecule has 5 aliphatic rings. The van der Waals surface area contributed by atoms with Crippen molar-refractivity contribution in [1.29, 1.82) is 0 Å². The minimum Gasteiger partial charge on any atom is -0.424 e. The number of allylic oxidation sites excluding steroid dienone is 1. The summed E-state index contributed by atoms with van der Waals surface area (Å²) in [6, 6.07) is 0. The minimum atomic E-state index is -4.74. The van der Waals surface area contributed by atoms with Gasteiger partial charge in [-0.25, -0.2) is 0 Å². The first kappa shape index (κ1) is 22.4. The lowest BCUT2D eigenvalue weighted by Gasteiger charge is -2.68. The topological polar surface area (TPSA) is 95.7 Å².